The highest BCUT2D eigenvalue weighted by atomic mass is 28.4. The third-order valence-corrected chi connectivity index (χ3v) is 10.2. The topological polar surface area (TPSA) is 24.5 Å². The summed E-state index contributed by atoms with van der Waals surface area (Å²) in [5, 5.41) is 0. The minimum Gasteiger partial charge on any atom is -0.385 e. The van der Waals surface area contributed by atoms with Gasteiger partial charge in [-0.1, -0.05) is 51.4 Å². The Bertz CT molecular complexity index is 380. The Balaban J connectivity index is 1.39. The fourth-order valence-electron chi connectivity index (χ4n) is 5.01. The van der Waals surface area contributed by atoms with Crippen LogP contribution in [0.25, 0.3) is 0 Å². The molecule has 0 aliphatic carbocycles. The molecular formula is C18H34N2O2Si. The monoisotopic (exact) mass is 338 g/mol. The lowest BCUT2D eigenvalue weighted by Gasteiger charge is -2.15. The van der Waals surface area contributed by atoms with Gasteiger partial charge in [0, 0.05) is 13.7 Å². The van der Waals surface area contributed by atoms with E-state index in [9.17, 15) is 0 Å². The summed E-state index contributed by atoms with van der Waals surface area (Å²) in [4.78, 5) is 2.62. The molecule has 4 saturated heterocycles. The van der Waals surface area contributed by atoms with E-state index in [0.717, 1.165) is 0 Å². The van der Waals surface area contributed by atoms with Crippen molar-refractivity contribution in [2.45, 2.75) is 95.0 Å². The van der Waals surface area contributed by atoms with Crippen LogP contribution in [-0.4, -0.2) is 56.3 Å². The highest BCUT2D eigenvalue weighted by molar-refractivity contribution is 6.76. The molecule has 0 amide bonds. The van der Waals surface area contributed by atoms with Crippen LogP contribution in [0.15, 0.2) is 0 Å². The lowest BCUT2D eigenvalue weighted by molar-refractivity contribution is 0.157. The van der Waals surface area contributed by atoms with E-state index in [0.29, 0.717) is 17.9 Å². The molecule has 5 heteroatoms. The third-order valence-electron chi connectivity index (χ3n) is 6.50. The Morgan fingerprint density at radius 3 is 2.22 bits per heavy atom. The number of hydrogen-bond acceptors (Lipinski definition) is 4. The normalized spacial score (nSPS) is 47.6. The molecule has 23 heavy (non-hydrogen) atoms. The summed E-state index contributed by atoms with van der Waals surface area (Å²) in [6.07, 6.45) is 16.9. The highest BCUT2D eigenvalue weighted by Crippen LogP contribution is 2.47. The highest BCUT2D eigenvalue weighted by Gasteiger charge is 2.72. The van der Waals surface area contributed by atoms with Crippen LogP contribution in [-0.2, 0) is 8.85 Å². The fraction of sp³-hybridized carbons (Fsp3) is 1.00. The maximum atomic E-state index is 6.78. The van der Waals surface area contributed by atoms with E-state index < -0.39 is 8.72 Å². The van der Waals surface area contributed by atoms with Gasteiger partial charge in [-0.15, -0.1) is 0 Å². The molecule has 0 aromatic rings. The number of hydrogen-bond donors (Lipinski definition) is 0. The SMILES string of the molecule is CO[Si]1(OC2C3CCCCCCCN32)C2CCCCCCCN21. The predicted octanol–water partition coefficient (Wildman–Crippen LogP) is 3.53. The van der Waals surface area contributed by atoms with Crippen molar-refractivity contribution in [3.05, 3.63) is 0 Å². The molecule has 0 bridgehead atoms. The van der Waals surface area contributed by atoms with E-state index in [1.807, 2.05) is 7.11 Å². The van der Waals surface area contributed by atoms with Crippen LogP contribution in [0.5, 0.6) is 0 Å². The van der Waals surface area contributed by atoms with Crippen molar-refractivity contribution in [3.8, 4) is 0 Å². The van der Waals surface area contributed by atoms with Crippen LogP contribution in [0.3, 0.4) is 0 Å². The van der Waals surface area contributed by atoms with Crippen LogP contribution in [0, 0.1) is 0 Å². The van der Waals surface area contributed by atoms with Crippen molar-refractivity contribution in [1.82, 2.24) is 9.47 Å². The molecule has 0 saturated carbocycles. The first-order valence-electron chi connectivity index (χ1n) is 10.1. The Labute approximate surface area is 142 Å². The van der Waals surface area contributed by atoms with Crippen molar-refractivity contribution < 1.29 is 8.85 Å². The summed E-state index contributed by atoms with van der Waals surface area (Å²) in [5.41, 5.74) is 0.640. The van der Waals surface area contributed by atoms with Crippen LogP contribution in [0.2, 0.25) is 0 Å². The predicted molar refractivity (Wildman–Crippen MR) is 94.0 cm³/mol. The maximum absolute atomic E-state index is 6.78. The van der Waals surface area contributed by atoms with Crippen LogP contribution < -0.4 is 0 Å². The summed E-state index contributed by atoms with van der Waals surface area (Å²) in [6, 6.07) is 0.698. The van der Waals surface area contributed by atoms with Gasteiger partial charge in [0.1, 0.15) is 6.23 Å². The van der Waals surface area contributed by atoms with Gasteiger partial charge >= 0.3 is 8.72 Å². The lowest BCUT2D eigenvalue weighted by atomic mass is 10.1. The van der Waals surface area contributed by atoms with Crippen molar-refractivity contribution in [2.24, 2.45) is 0 Å². The molecule has 4 aliphatic heterocycles. The summed E-state index contributed by atoms with van der Waals surface area (Å²) in [5.74, 6) is 0. The molecule has 0 aromatic heterocycles. The van der Waals surface area contributed by atoms with Crippen molar-refractivity contribution in [1.29, 1.82) is 0 Å². The quantitative estimate of drug-likeness (QED) is 0.580. The summed E-state index contributed by atoms with van der Waals surface area (Å²) >= 11 is 0. The fourth-order valence-corrected chi connectivity index (χ4v) is 8.88. The average Bonchev–Trinajstić information content (AvgIpc) is 3.37. The summed E-state index contributed by atoms with van der Waals surface area (Å²) < 4.78 is 15.5. The number of fused-ring (bicyclic) bond motifs is 2. The second-order valence-electron chi connectivity index (χ2n) is 7.97. The largest absolute Gasteiger partial charge is 0.446 e. The Kier molecular flexibility index (Phi) is 5.12. The third kappa shape index (κ3) is 3.27. The zero-order valence-electron chi connectivity index (χ0n) is 14.8. The molecule has 0 aromatic carbocycles. The number of nitrogens with zero attached hydrogens (tertiary/aromatic N) is 2. The second kappa shape index (κ2) is 7.12. The molecular weight excluding hydrogens is 304 g/mol. The van der Waals surface area contributed by atoms with Crippen LogP contribution >= 0.6 is 0 Å². The molecule has 6 atom stereocenters. The Hall–Kier alpha value is 0.0569. The van der Waals surface area contributed by atoms with Gasteiger partial charge < -0.3 is 8.85 Å². The molecule has 0 radical (unpaired) electrons. The smallest absolute Gasteiger partial charge is 0.385 e. The molecule has 4 fully saturated rings. The van der Waals surface area contributed by atoms with E-state index in [1.165, 1.54) is 90.1 Å². The van der Waals surface area contributed by atoms with Gasteiger partial charge in [-0.2, -0.15) is 0 Å². The second-order valence-corrected chi connectivity index (χ2v) is 11.1. The molecule has 4 aliphatic rings. The zero-order valence-corrected chi connectivity index (χ0v) is 15.8. The van der Waals surface area contributed by atoms with Gasteiger partial charge in [-0.3, -0.25) is 9.47 Å². The van der Waals surface area contributed by atoms with Crippen molar-refractivity contribution in [2.75, 3.05) is 20.2 Å². The first-order valence-corrected chi connectivity index (χ1v) is 12.0. The van der Waals surface area contributed by atoms with E-state index in [-0.39, 0.29) is 0 Å². The van der Waals surface area contributed by atoms with Gasteiger partial charge in [-0.25, -0.2) is 0 Å². The molecule has 4 rings (SSSR count). The van der Waals surface area contributed by atoms with Crippen LogP contribution in [0.4, 0.5) is 0 Å². The van der Waals surface area contributed by atoms with Gasteiger partial charge in [-0.05, 0) is 32.2 Å². The van der Waals surface area contributed by atoms with E-state index in [2.05, 4.69) is 9.47 Å². The van der Waals surface area contributed by atoms with Crippen molar-refractivity contribution >= 4 is 8.72 Å². The standard InChI is InChI=1S/C18H34N2O2Si/c1-21-23(17-13-9-5-3-7-11-15-20(17)23)22-18-16-12-8-4-2-6-10-14-19(16)18/h16-18H,2-15H2,1H3. The lowest BCUT2D eigenvalue weighted by Crippen LogP contribution is -2.36. The molecule has 132 valence electrons. The molecule has 0 spiro atoms. The van der Waals surface area contributed by atoms with Crippen LogP contribution in [0.1, 0.15) is 77.0 Å². The zero-order chi connectivity index (χ0) is 15.7. The maximum Gasteiger partial charge on any atom is 0.446 e. The molecule has 4 nitrogen and oxygen atoms in total. The minimum absolute atomic E-state index is 0.384. The Morgan fingerprint density at radius 2 is 1.43 bits per heavy atom. The van der Waals surface area contributed by atoms with Gasteiger partial charge in [0.05, 0.1) is 11.7 Å². The minimum atomic E-state index is -2.05. The number of rotatable bonds is 3. The molecule has 4 heterocycles. The average molecular weight is 339 g/mol. The first-order chi connectivity index (χ1) is 11.4. The molecule has 0 N–H and O–H groups in total. The van der Waals surface area contributed by atoms with Gasteiger partial charge in [0.2, 0.25) is 0 Å². The van der Waals surface area contributed by atoms with Gasteiger partial charge in [0.25, 0.3) is 0 Å². The van der Waals surface area contributed by atoms with Crippen molar-refractivity contribution in [3.63, 3.8) is 0 Å². The summed E-state index contributed by atoms with van der Waals surface area (Å²) in [7, 11) is -0.141. The first kappa shape index (κ1) is 16.5. The van der Waals surface area contributed by atoms with E-state index >= 15 is 0 Å². The Morgan fingerprint density at radius 1 is 0.783 bits per heavy atom. The summed E-state index contributed by atoms with van der Waals surface area (Å²) in [6.45, 7) is 2.45. The van der Waals surface area contributed by atoms with E-state index in [4.69, 9.17) is 8.85 Å². The van der Waals surface area contributed by atoms with E-state index in [1.54, 1.807) is 0 Å². The van der Waals surface area contributed by atoms with Gasteiger partial charge in [0.15, 0.2) is 0 Å². The molecule has 6 unspecified atom stereocenters.